The first-order chi connectivity index (χ1) is 15.1. The number of aromatic amines is 1. The summed E-state index contributed by atoms with van der Waals surface area (Å²) < 4.78 is 3.53. The van der Waals surface area contributed by atoms with Crippen LogP contribution in [0.4, 0.5) is 0 Å². The number of aromatic nitrogens is 5. The third-order valence-corrected chi connectivity index (χ3v) is 5.42. The van der Waals surface area contributed by atoms with Crippen LogP contribution in [0.3, 0.4) is 0 Å². The van der Waals surface area contributed by atoms with Crippen LogP contribution in [0.5, 0.6) is 0 Å². The molecule has 0 saturated heterocycles. The van der Waals surface area contributed by atoms with Crippen molar-refractivity contribution in [2.24, 2.45) is 0 Å². The van der Waals surface area contributed by atoms with E-state index in [0.29, 0.717) is 29.8 Å². The normalized spacial score (nSPS) is 11.3. The molecule has 0 atom stereocenters. The number of nitrogens with one attached hydrogen (secondary N) is 2. The second-order valence-corrected chi connectivity index (χ2v) is 7.40. The highest BCUT2D eigenvalue weighted by molar-refractivity contribution is 5.94. The molecule has 4 aromatic heterocycles. The maximum Gasteiger partial charge on any atom is 0.276 e. The number of pyridine rings is 1. The highest BCUT2D eigenvalue weighted by Crippen LogP contribution is 2.15. The van der Waals surface area contributed by atoms with Crippen LogP contribution >= 0.6 is 0 Å². The van der Waals surface area contributed by atoms with Crippen molar-refractivity contribution in [1.82, 2.24) is 29.5 Å². The third kappa shape index (κ3) is 3.38. The number of carbonyl (C=O) groups excluding carboxylic acids is 1. The summed E-state index contributed by atoms with van der Waals surface area (Å²) in [7, 11) is 0. The van der Waals surface area contributed by atoms with Gasteiger partial charge in [-0.25, -0.2) is 4.98 Å². The summed E-state index contributed by atoms with van der Waals surface area (Å²) in [5.41, 5.74) is 5.33. The predicted octanol–water partition coefficient (Wildman–Crippen LogP) is 2.66. The van der Waals surface area contributed by atoms with Crippen LogP contribution in [0.25, 0.3) is 16.7 Å². The molecule has 0 spiro atoms. The molecule has 1 aromatic carbocycles. The van der Waals surface area contributed by atoms with Crippen molar-refractivity contribution in [3.63, 3.8) is 0 Å². The zero-order chi connectivity index (χ0) is 21.4. The Balaban J connectivity index is 1.40. The summed E-state index contributed by atoms with van der Waals surface area (Å²) in [6.07, 6.45) is 5.25. The topological polar surface area (TPSA) is 97.1 Å². The van der Waals surface area contributed by atoms with E-state index in [4.69, 9.17) is 0 Å². The molecule has 0 fully saturated rings. The van der Waals surface area contributed by atoms with E-state index in [2.05, 4.69) is 20.5 Å². The van der Waals surface area contributed by atoms with Gasteiger partial charge in [0.2, 0.25) is 0 Å². The van der Waals surface area contributed by atoms with Gasteiger partial charge in [-0.15, -0.1) is 0 Å². The fourth-order valence-electron chi connectivity index (χ4n) is 3.71. The number of H-pyrrole nitrogens is 1. The van der Waals surface area contributed by atoms with E-state index in [9.17, 15) is 9.59 Å². The Morgan fingerprint density at radius 1 is 1.10 bits per heavy atom. The van der Waals surface area contributed by atoms with Crippen molar-refractivity contribution in [2.45, 2.75) is 20.0 Å². The van der Waals surface area contributed by atoms with Crippen molar-refractivity contribution in [2.75, 3.05) is 0 Å². The Morgan fingerprint density at radius 3 is 2.68 bits per heavy atom. The molecule has 31 heavy (non-hydrogen) atoms. The Bertz CT molecular complexity index is 1460. The second-order valence-electron chi connectivity index (χ2n) is 7.40. The molecular weight excluding hydrogens is 392 g/mol. The van der Waals surface area contributed by atoms with Gasteiger partial charge in [-0.2, -0.15) is 5.10 Å². The van der Waals surface area contributed by atoms with Gasteiger partial charge in [0.25, 0.3) is 11.5 Å². The van der Waals surface area contributed by atoms with Crippen LogP contribution in [-0.2, 0) is 13.1 Å². The van der Waals surface area contributed by atoms with Crippen LogP contribution in [0.2, 0.25) is 0 Å². The summed E-state index contributed by atoms with van der Waals surface area (Å²) in [4.78, 5) is 29.9. The van der Waals surface area contributed by atoms with E-state index >= 15 is 0 Å². The lowest BCUT2D eigenvalue weighted by atomic mass is 10.1. The summed E-state index contributed by atoms with van der Waals surface area (Å²) in [6, 6.07) is 14.7. The van der Waals surface area contributed by atoms with E-state index in [1.165, 1.54) is 0 Å². The fraction of sp³-hybridized carbons (Fsp3) is 0.130. The minimum absolute atomic E-state index is 0.103. The molecule has 0 aliphatic rings. The zero-order valence-electron chi connectivity index (χ0n) is 16.9. The Morgan fingerprint density at radius 2 is 1.90 bits per heavy atom. The first-order valence-electron chi connectivity index (χ1n) is 9.92. The summed E-state index contributed by atoms with van der Waals surface area (Å²) in [5.74, 6) is -0.161. The molecule has 5 rings (SSSR count). The summed E-state index contributed by atoms with van der Waals surface area (Å²) in [6.45, 7) is 2.69. The number of carbonyl (C=O) groups is 1. The number of nitrogens with zero attached hydrogens (tertiary/aromatic N) is 4. The van der Waals surface area contributed by atoms with Crippen molar-refractivity contribution in [1.29, 1.82) is 0 Å². The lowest BCUT2D eigenvalue weighted by molar-refractivity contribution is 0.0951. The number of fused-ring (bicyclic) bond motifs is 3. The smallest absolute Gasteiger partial charge is 0.276 e. The number of rotatable bonds is 5. The van der Waals surface area contributed by atoms with E-state index < -0.39 is 0 Å². The van der Waals surface area contributed by atoms with Gasteiger partial charge in [-0.1, -0.05) is 12.1 Å². The Hall–Kier alpha value is -4.20. The number of hydrogen-bond donors (Lipinski definition) is 2. The molecule has 5 aromatic rings. The summed E-state index contributed by atoms with van der Waals surface area (Å²) >= 11 is 0. The molecule has 154 valence electrons. The number of benzene rings is 1. The van der Waals surface area contributed by atoms with Crippen LogP contribution in [0.15, 0.2) is 71.9 Å². The quantitative estimate of drug-likeness (QED) is 0.464. The third-order valence-electron chi connectivity index (χ3n) is 5.42. The van der Waals surface area contributed by atoms with E-state index in [1.807, 2.05) is 47.9 Å². The van der Waals surface area contributed by atoms with Gasteiger partial charge in [0.05, 0.1) is 18.3 Å². The van der Waals surface area contributed by atoms with Gasteiger partial charge < -0.3 is 9.72 Å². The van der Waals surface area contributed by atoms with Gasteiger partial charge in [0, 0.05) is 35.8 Å². The van der Waals surface area contributed by atoms with Gasteiger partial charge >= 0.3 is 0 Å². The van der Waals surface area contributed by atoms with Gasteiger partial charge in [0.1, 0.15) is 5.52 Å². The van der Waals surface area contributed by atoms with E-state index in [-0.39, 0.29) is 11.5 Å². The molecular formula is C23H20N6O2. The minimum atomic E-state index is -0.161. The SMILES string of the molecule is Cc1[nH]ncc1CNC(=O)c1ccc(Cn2c(=O)c3cccn3c3cccnc32)cc1. The Labute approximate surface area is 177 Å². The number of aryl methyl sites for hydroxylation is 1. The second kappa shape index (κ2) is 7.56. The molecule has 0 aliphatic carbocycles. The van der Waals surface area contributed by atoms with Gasteiger partial charge in [-0.05, 0) is 48.9 Å². The van der Waals surface area contributed by atoms with Crippen molar-refractivity contribution in [3.05, 3.63) is 99.9 Å². The van der Waals surface area contributed by atoms with E-state index in [0.717, 1.165) is 22.3 Å². The minimum Gasteiger partial charge on any atom is -0.348 e. The van der Waals surface area contributed by atoms with Crippen LogP contribution in [0, 0.1) is 6.92 Å². The molecule has 0 saturated carbocycles. The molecule has 4 heterocycles. The summed E-state index contributed by atoms with van der Waals surface area (Å²) in [5, 5.41) is 9.71. The monoisotopic (exact) mass is 412 g/mol. The molecule has 0 bridgehead atoms. The number of amides is 1. The average molecular weight is 412 g/mol. The van der Waals surface area contributed by atoms with Crippen LogP contribution in [-0.4, -0.2) is 30.1 Å². The highest BCUT2D eigenvalue weighted by Gasteiger charge is 2.12. The van der Waals surface area contributed by atoms with Crippen LogP contribution in [0.1, 0.15) is 27.2 Å². The lowest BCUT2D eigenvalue weighted by Gasteiger charge is -2.12. The lowest BCUT2D eigenvalue weighted by Crippen LogP contribution is -2.24. The first-order valence-corrected chi connectivity index (χ1v) is 9.92. The average Bonchev–Trinajstić information content (AvgIpc) is 3.45. The molecule has 1 amide bonds. The van der Waals surface area contributed by atoms with Gasteiger partial charge in [-0.3, -0.25) is 19.3 Å². The first kappa shape index (κ1) is 18.8. The fourth-order valence-corrected chi connectivity index (χ4v) is 3.71. The molecule has 0 unspecified atom stereocenters. The largest absolute Gasteiger partial charge is 0.348 e. The van der Waals surface area contributed by atoms with Crippen molar-refractivity contribution < 1.29 is 4.79 Å². The molecule has 2 N–H and O–H groups in total. The standard InChI is InChI=1S/C23H20N6O2/c1-15-18(13-26-27-15)12-25-22(30)17-8-6-16(7-9-17)14-29-21-19(4-2-10-24-21)28-11-3-5-20(28)23(29)31/h2-11,13H,12,14H2,1H3,(H,25,30)(H,26,27). The van der Waals surface area contributed by atoms with Crippen LogP contribution < -0.4 is 10.9 Å². The predicted molar refractivity (Wildman–Crippen MR) is 117 cm³/mol. The zero-order valence-corrected chi connectivity index (χ0v) is 16.9. The number of hydrogen-bond acceptors (Lipinski definition) is 4. The highest BCUT2D eigenvalue weighted by atomic mass is 16.1. The maximum atomic E-state index is 13.0. The molecule has 8 heteroatoms. The maximum absolute atomic E-state index is 13.0. The van der Waals surface area contributed by atoms with Crippen molar-refractivity contribution in [3.8, 4) is 0 Å². The molecule has 0 aliphatic heterocycles. The molecule has 8 nitrogen and oxygen atoms in total. The molecule has 0 radical (unpaired) electrons. The van der Waals surface area contributed by atoms with Crippen molar-refractivity contribution >= 4 is 22.6 Å². The van der Waals surface area contributed by atoms with E-state index in [1.54, 1.807) is 35.2 Å². The van der Waals surface area contributed by atoms with Gasteiger partial charge in [0.15, 0.2) is 5.65 Å². The Kier molecular flexibility index (Phi) is 4.59.